The Morgan fingerprint density at radius 2 is 1.96 bits per heavy atom. The third kappa shape index (κ3) is 3.27. The predicted molar refractivity (Wildman–Crippen MR) is 99.4 cm³/mol. The van der Waals surface area contributed by atoms with Crippen LogP contribution in [0.5, 0.6) is 5.75 Å². The molecule has 3 N–H and O–H groups in total. The molecule has 1 aromatic carbocycles. The molecular weight excluding hydrogens is 330 g/mol. The van der Waals surface area contributed by atoms with Crippen LogP contribution in [0.15, 0.2) is 18.2 Å². The average molecular weight is 355 g/mol. The summed E-state index contributed by atoms with van der Waals surface area (Å²) in [7, 11) is 0. The van der Waals surface area contributed by atoms with Crippen molar-refractivity contribution in [1.82, 2.24) is 10.2 Å². The Hall–Kier alpha value is -2.18. The smallest absolute Gasteiger partial charge is 0.152 e. The fraction of sp³-hybridized carbons (Fsp3) is 0.500. The molecule has 0 unspecified atom stereocenters. The van der Waals surface area contributed by atoms with Crippen LogP contribution in [0.3, 0.4) is 0 Å². The highest BCUT2D eigenvalue weighted by molar-refractivity contribution is 5.73. The summed E-state index contributed by atoms with van der Waals surface area (Å²) in [6.07, 6.45) is 4.30. The molecule has 138 valence electrons. The van der Waals surface area contributed by atoms with E-state index in [-0.39, 0.29) is 11.8 Å². The first-order valence-electron chi connectivity index (χ1n) is 9.34. The molecule has 0 radical (unpaired) electrons. The van der Waals surface area contributed by atoms with Crippen LogP contribution in [0.4, 0.5) is 5.82 Å². The summed E-state index contributed by atoms with van der Waals surface area (Å²) in [5.41, 5.74) is 4.85. The highest BCUT2D eigenvalue weighted by Gasteiger charge is 2.27. The van der Waals surface area contributed by atoms with Crippen LogP contribution < -0.4 is 5.32 Å². The zero-order valence-corrected chi connectivity index (χ0v) is 15.0. The number of nitrogens with zero attached hydrogens (tertiary/aromatic N) is 2. The first-order valence-corrected chi connectivity index (χ1v) is 9.34. The number of ether oxygens (including phenoxy) is 1. The number of hydrogen-bond donors (Lipinski definition) is 3. The second kappa shape index (κ2) is 7.21. The maximum absolute atomic E-state index is 10.4. The monoisotopic (exact) mass is 355 g/mol. The second-order valence-electron chi connectivity index (χ2n) is 7.26. The molecule has 1 aliphatic heterocycles. The molecule has 0 spiro atoms. The van der Waals surface area contributed by atoms with E-state index in [1.54, 1.807) is 6.07 Å². The van der Waals surface area contributed by atoms with E-state index < -0.39 is 6.10 Å². The first-order chi connectivity index (χ1) is 12.6. The Labute approximate surface area is 153 Å². The number of fused-ring (bicyclic) bond motifs is 1. The number of nitrogens with one attached hydrogen (secondary N) is 1. The number of phenolic OH excluding ortho intramolecular Hbond substituents is 1. The number of aromatic hydroxyl groups is 1. The lowest BCUT2D eigenvalue weighted by Crippen LogP contribution is -2.42. The van der Waals surface area contributed by atoms with Crippen LogP contribution in [0.2, 0.25) is 0 Å². The molecule has 2 heterocycles. The SMILES string of the molecule is Cc1ccc(-c2nnc(N[C@@H]3CCOC[C@H]3O)c3c2CCCC3)c(O)c1. The molecule has 4 rings (SSSR count). The van der Waals surface area contributed by atoms with Crippen LogP contribution in [-0.4, -0.2) is 45.8 Å². The summed E-state index contributed by atoms with van der Waals surface area (Å²) >= 11 is 0. The Bertz CT molecular complexity index is 809. The fourth-order valence-electron chi connectivity index (χ4n) is 3.89. The number of rotatable bonds is 3. The van der Waals surface area contributed by atoms with E-state index in [0.29, 0.717) is 13.2 Å². The normalized spacial score (nSPS) is 22.7. The van der Waals surface area contributed by atoms with E-state index in [1.807, 2.05) is 19.1 Å². The van der Waals surface area contributed by atoms with Crippen molar-refractivity contribution in [3.8, 4) is 17.0 Å². The van der Waals surface area contributed by atoms with Gasteiger partial charge >= 0.3 is 0 Å². The van der Waals surface area contributed by atoms with Crippen LogP contribution in [0, 0.1) is 6.92 Å². The molecule has 1 saturated heterocycles. The van der Waals surface area contributed by atoms with Crippen molar-refractivity contribution in [2.24, 2.45) is 0 Å². The standard InChI is InChI=1S/C20H25N3O3/c1-12-6-7-15(17(24)10-12)19-13-4-2-3-5-14(13)20(23-22-19)21-16-8-9-26-11-18(16)25/h6-7,10,16,18,24-25H,2-5,8-9,11H2,1H3,(H,21,23)/t16-,18-/m1/s1. The van der Waals surface area contributed by atoms with Crippen molar-refractivity contribution in [2.75, 3.05) is 18.5 Å². The zero-order chi connectivity index (χ0) is 18.1. The molecule has 2 aromatic rings. The maximum atomic E-state index is 10.4. The summed E-state index contributed by atoms with van der Waals surface area (Å²) in [6, 6.07) is 5.59. The molecule has 2 atom stereocenters. The van der Waals surface area contributed by atoms with Crippen molar-refractivity contribution in [3.63, 3.8) is 0 Å². The molecule has 1 aliphatic carbocycles. The minimum Gasteiger partial charge on any atom is -0.507 e. The van der Waals surface area contributed by atoms with E-state index in [4.69, 9.17) is 4.74 Å². The summed E-state index contributed by atoms with van der Waals surface area (Å²) in [5.74, 6) is 1.01. The van der Waals surface area contributed by atoms with Crippen molar-refractivity contribution >= 4 is 5.82 Å². The van der Waals surface area contributed by atoms with Gasteiger partial charge in [-0.05, 0) is 62.3 Å². The quantitative estimate of drug-likeness (QED) is 0.784. The number of aliphatic hydroxyl groups is 1. The number of aliphatic hydroxyl groups excluding tert-OH is 1. The first kappa shape index (κ1) is 17.2. The van der Waals surface area contributed by atoms with Crippen LogP contribution in [-0.2, 0) is 17.6 Å². The molecule has 6 heteroatoms. The Kier molecular flexibility index (Phi) is 4.78. The molecule has 26 heavy (non-hydrogen) atoms. The van der Waals surface area contributed by atoms with Crippen molar-refractivity contribution in [1.29, 1.82) is 0 Å². The van der Waals surface area contributed by atoms with Gasteiger partial charge in [0.05, 0.1) is 18.8 Å². The van der Waals surface area contributed by atoms with Crippen LogP contribution >= 0.6 is 0 Å². The van der Waals surface area contributed by atoms with E-state index in [1.165, 1.54) is 5.56 Å². The predicted octanol–water partition coefficient (Wildman–Crippen LogP) is 2.60. The molecule has 2 aliphatic rings. The minimum atomic E-state index is -0.536. The van der Waals surface area contributed by atoms with E-state index in [2.05, 4.69) is 15.5 Å². The molecule has 1 fully saturated rings. The highest BCUT2D eigenvalue weighted by Crippen LogP contribution is 2.37. The van der Waals surface area contributed by atoms with Gasteiger partial charge in [0.15, 0.2) is 5.82 Å². The average Bonchev–Trinajstić information content (AvgIpc) is 2.64. The van der Waals surface area contributed by atoms with Gasteiger partial charge in [-0.15, -0.1) is 10.2 Å². The summed E-state index contributed by atoms with van der Waals surface area (Å²) in [4.78, 5) is 0. The lowest BCUT2D eigenvalue weighted by Gasteiger charge is -2.30. The summed E-state index contributed by atoms with van der Waals surface area (Å²) in [5, 5.41) is 32.8. The number of anilines is 1. The van der Waals surface area contributed by atoms with Gasteiger partial charge in [-0.2, -0.15) is 0 Å². The number of hydrogen-bond acceptors (Lipinski definition) is 6. The molecule has 6 nitrogen and oxygen atoms in total. The number of aryl methyl sites for hydroxylation is 1. The highest BCUT2D eigenvalue weighted by atomic mass is 16.5. The third-order valence-electron chi connectivity index (χ3n) is 5.35. The molecular formula is C20H25N3O3. The maximum Gasteiger partial charge on any atom is 0.152 e. The van der Waals surface area contributed by atoms with Gasteiger partial charge in [0.2, 0.25) is 0 Å². The zero-order valence-electron chi connectivity index (χ0n) is 15.0. The van der Waals surface area contributed by atoms with Crippen LogP contribution in [0.25, 0.3) is 11.3 Å². The van der Waals surface area contributed by atoms with Gasteiger partial charge in [-0.25, -0.2) is 0 Å². The van der Waals surface area contributed by atoms with Gasteiger partial charge in [0.1, 0.15) is 11.4 Å². The Morgan fingerprint density at radius 3 is 2.73 bits per heavy atom. The largest absolute Gasteiger partial charge is 0.507 e. The number of phenols is 1. The molecule has 0 saturated carbocycles. The van der Waals surface area contributed by atoms with Crippen molar-refractivity contribution < 1.29 is 14.9 Å². The van der Waals surface area contributed by atoms with E-state index in [9.17, 15) is 10.2 Å². The summed E-state index contributed by atoms with van der Waals surface area (Å²) < 4.78 is 5.31. The van der Waals surface area contributed by atoms with E-state index in [0.717, 1.165) is 60.3 Å². The fourth-order valence-corrected chi connectivity index (χ4v) is 3.89. The van der Waals surface area contributed by atoms with Gasteiger partial charge in [0.25, 0.3) is 0 Å². The molecule has 0 amide bonds. The Morgan fingerprint density at radius 1 is 1.15 bits per heavy atom. The van der Waals surface area contributed by atoms with Gasteiger partial charge in [-0.1, -0.05) is 6.07 Å². The number of aromatic nitrogens is 2. The van der Waals surface area contributed by atoms with Crippen molar-refractivity contribution in [2.45, 2.75) is 51.2 Å². The van der Waals surface area contributed by atoms with Crippen molar-refractivity contribution in [3.05, 3.63) is 34.9 Å². The minimum absolute atomic E-state index is 0.0669. The van der Waals surface area contributed by atoms with Gasteiger partial charge in [0, 0.05) is 17.7 Å². The molecule has 0 bridgehead atoms. The van der Waals surface area contributed by atoms with E-state index >= 15 is 0 Å². The van der Waals surface area contributed by atoms with Gasteiger partial charge in [-0.3, -0.25) is 0 Å². The Balaban J connectivity index is 1.72. The number of benzene rings is 1. The summed E-state index contributed by atoms with van der Waals surface area (Å²) in [6.45, 7) is 2.94. The second-order valence-corrected chi connectivity index (χ2v) is 7.26. The lowest BCUT2D eigenvalue weighted by molar-refractivity contribution is -0.0135. The van der Waals surface area contributed by atoms with Gasteiger partial charge < -0.3 is 20.3 Å². The third-order valence-corrected chi connectivity index (χ3v) is 5.35. The molecule has 1 aromatic heterocycles. The van der Waals surface area contributed by atoms with Crippen LogP contribution in [0.1, 0.15) is 36.0 Å². The lowest BCUT2D eigenvalue weighted by atomic mass is 9.88. The topological polar surface area (TPSA) is 87.5 Å².